The zero-order chi connectivity index (χ0) is 17.5. The van der Waals surface area contributed by atoms with Crippen molar-refractivity contribution in [2.75, 3.05) is 13.1 Å². The maximum absolute atomic E-state index is 12.5. The van der Waals surface area contributed by atoms with E-state index in [4.69, 9.17) is 4.74 Å². The highest BCUT2D eigenvalue weighted by Gasteiger charge is 2.31. The quantitative estimate of drug-likeness (QED) is 0.752. The van der Waals surface area contributed by atoms with Gasteiger partial charge in [-0.25, -0.2) is 4.79 Å². The Labute approximate surface area is 139 Å². The predicted octanol–water partition coefficient (Wildman–Crippen LogP) is 4.54. The van der Waals surface area contributed by atoms with Crippen LogP contribution in [0.2, 0.25) is 0 Å². The van der Waals surface area contributed by atoms with Gasteiger partial charge in [-0.1, -0.05) is 44.2 Å². The maximum atomic E-state index is 12.5. The summed E-state index contributed by atoms with van der Waals surface area (Å²) < 4.78 is 5.39. The fourth-order valence-electron chi connectivity index (χ4n) is 2.52. The van der Waals surface area contributed by atoms with Gasteiger partial charge in [0.25, 0.3) is 0 Å². The fourth-order valence-corrected chi connectivity index (χ4v) is 2.52. The van der Waals surface area contributed by atoms with E-state index in [1.54, 1.807) is 4.90 Å². The Morgan fingerprint density at radius 1 is 1.13 bits per heavy atom. The number of nitrogens with zero attached hydrogens (tertiary/aromatic N) is 1. The molecule has 1 amide bonds. The van der Waals surface area contributed by atoms with Gasteiger partial charge in [-0.15, -0.1) is 0 Å². The minimum absolute atomic E-state index is 0.115. The Balaban J connectivity index is 0.00000127. The first-order valence-corrected chi connectivity index (χ1v) is 8.44. The molecule has 1 aromatic rings. The third-order valence-electron chi connectivity index (χ3n) is 3.50. The van der Waals surface area contributed by atoms with Crippen LogP contribution >= 0.6 is 0 Å². The van der Waals surface area contributed by atoms with Crippen molar-refractivity contribution >= 4 is 11.9 Å². The van der Waals surface area contributed by atoms with E-state index >= 15 is 0 Å². The molecular formula is C19H29NO3. The molecule has 0 aromatic heterocycles. The molecule has 1 aliphatic rings. The molecule has 128 valence electrons. The number of amides is 1. The normalized spacial score (nSPS) is 17.8. The van der Waals surface area contributed by atoms with Crippen molar-refractivity contribution in [1.82, 2.24) is 4.90 Å². The molecule has 4 nitrogen and oxygen atoms in total. The van der Waals surface area contributed by atoms with Crippen molar-refractivity contribution in [2.45, 2.75) is 53.1 Å². The van der Waals surface area contributed by atoms with Crippen LogP contribution in [-0.4, -0.2) is 35.5 Å². The second-order valence-electron chi connectivity index (χ2n) is 6.50. The van der Waals surface area contributed by atoms with Crippen molar-refractivity contribution < 1.29 is 14.3 Å². The summed E-state index contributed by atoms with van der Waals surface area (Å²) in [6, 6.07) is 9.28. The van der Waals surface area contributed by atoms with Crippen molar-refractivity contribution in [3.05, 3.63) is 35.9 Å². The molecule has 0 radical (unpaired) electrons. The summed E-state index contributed by atoms with van der Waals surface area (Å²) in [6.07, 6.45) is 1.34. The lowest BCUT2D eigenvalue weighted by Crippen LogP contribution is -2.44. The Morgan fingerprint density at radius 3 is 2.30 bits per heavy atom. The Kier molecular flexibility index (Phi) is 7.27. The number of ether oxygens (including phenoxy) is 1. The van der Waals surface area contributed by atoms with Crippen LogP contribution in [0.1, 0.15) is 57.8 Å². The molecule has 0 aliphatic carbocycles. The fraction of sp³-hybridized carbons (Fsp3) is 0.579. The van der Waals surface area contributed by atoms with E-state index in [1.807, 2.05) is 65.0 Å². The summed E-state index contributed by atoms with van der Waals surface area (Å²) in [5, 5.41) is 0. The third kappa shape index (κ3) is 6.05. The Hall–Kier alpha value is -1.84. The molecule has 1 atom stereocenters. The Morgan fingerprint density at radius 2 is 1.74 bits per heavy atom. The van der Waals surface area contributed by atoms with Crippen LogP contribution in [0, 0.1) is 5.92 Å². The molecule has 0 N–H and O–H groups in total. The first-order valence-electron chi connectivity index (χ1n) is 8.44. The lowest BCUT2D eigenvalue weighted by Gasteiger charge is -2.33. The standard InChI is InChI=1S/C17H23NO3.C2H6/c1-17(2,3)21-16(20)18-11-7-10-14(12-18)15(19)13-8-5-4-6-9-13;1-2/h4-6,8-9,14H,7,10-12H2,1-3H3;1-2H3. The number of hydrogen-bond donors (Lipinski definition) is 0. The topological polar surface area (TPSA) is 46.6 Å². The van der Waals surface area contributed by atoms with Crippen LogP contribution < -0.4 is 0 Å². The van der Waals surface area contributed by atoms with Crippen molar-refractivity contribution in [1.29, 1.82) is 0 Å². The Bertz CT molecular complexity index is 505. The second kappa shape index (κ2) is 8.70. The number of Topliss-reactive ketones (excluding diaryl/α,β-unsaturated/α-hetero) is 1. The van der Waals surface area contributed by atoms with Gasteiger partial charge in [0.15, 0.2) is 5.78 Å². The smallest absolute Gasteiger partial charge is 0.410 e. The molecule has 1 fully saturated rings. The van der Waals surface area contributed by atoms with E-state index in [9.17, 15) is 9.59 Å². The summed E-state index contributed by atoms with van der Waals surface area (Å²) in [5.74, 6) is -0.0162. The summed E-state index contributed by atoms with van der Waals surface area (Å²) in [7, 11) is 0. The van der Waals surface area contributed by atoms with E-state index in [0.717, 1.165) is 12.8 Å². The lowest BCUT2D eigenvalue weighted by atomic mass is 9.90. The summed E-state index contributed by atoms with van der Waals surface area (Å²) in [6.45, 7) is 10.7. The van der Waals surface area contributed by atoms with E-state index < -0.39 is 5.60 Å². The highest BCUT2D eigenvalue weighted by atomic mass is 16.6. The molecule has 23 heavy (non-hydrogen) atoms. The van der Waals surface area contributed by atoms with Gasteiger partial charge in [0.2, 0.25) is 0 Å². The SMILES string of the molecule is CC.CC(C)(C)OC(=O)N1CCCC(C(=O)c2ccccc2)C1. The van der Waals surface area contributed by atoms with Gasteiger partial charge in [-0.3, -0.25) is 4.79 Å². The highest BCUT2D eigenvalue weighted by molar-refractivity contribution is 5.98. The molecule has 0 spiro atoms. The van der Waals surface area contributed by atoms with Gasteiger partial charge < -0.3 is 9.64 Å². The number of hydrogen-bond acceptors (Lipinski definition) is 3. The molecule has 1 unspecified atom stereocenters. The monoisotopic (exact) mass is 319 g/mol. The van der Waals surface area contributed by atoms with E-state index in [0.29, 0.717) is 18.7 Å². The molecule has 2 rings (SSSR count). The number of piperidine rings is 1. The lowest BCUT2D eigenvalue weighted by molar-refractivity contribution is 0.0172. The molecular weight excluding hydrogens is 290 g/mol. The van der Waals surface area contributed by atoms with Crippen LogP contribution in [0.3, 0.4) is 0 Å². The zero-order valence-corrected chi connectivity index (χ0v) is 15.0. The first kappa shape index (κ1) is 19.2. The van der Waals surface area contributed by atoms with E-state index in [1.165, 1.54) is 0 Å². The van der Waals surface area contributed by atoms with Crippen LogP contribution in [-0.2, 0) is 4.74 Å². The van der Waals surface area contributed by atoms with E-state index in [-0.39, 0.29) is 17.8 Å². The van der Waals surface area contributed by atoms with Gasteiger partial charge in [-0.2, -0.15) is 0 Å². The maximum Gasteiger partial charge on any atom is 0.410 e. The average molecular weight is 319 g/mol. The first-order chi connectivity index (χ1) is 10.9. The van der Waals surface area contributed by atoms with Crippen LogP contribution in [0.5, 0.6) is 0 Å². The minimum Gasteiger partial charge on any atom is -0.444 e. The van der Waals surface area contributed by atoms with Gasteiger partial charge >= 0.3 is 6.09 Å². The van der Waals surface area contributed by atoms with Crippen molar-refractivity contribution in [3.63, 3.8) is 0 Å². The predicted molar refractivity (Wildman–Crippen MR) is 92.7 cm³/mol. The molecule has 1 aromatic carbocycles. The number of likely N-dealkylation sites (tertiary alicyclic amines) is 1. The molecule has 0 bridgehead atoms. The molecule has 1 saturated heterocycles. The van der Waals surface area contributed by atoms with Gasteiger partial charge in [0.05, 0.1) is 0 Å². The van der Waals surface area contributed by atoms with Gasteiger partial charge in [0, 0.05) is 24.6 Å². The summed E-state index contributed by atoms with van der Waals surface area (Å²) in [5.41, 5.74) is 0.210. The largest absolute Gasteiger partial charge is 0.444 e. The second-order valence-corrected chi connectivity index (χ2v) is 6.50. The number of rotatable bonds is 2. The molecule has 1 aliphatic heterocycles. The minimum atomic E-state index is -0.506. The summed E-state index contributed by atoms with van der Waals surface area (Å²) in [4.78, 5) is 26.2. The highest BCUT2D eigenvalue weighted by Crippen LogP contribution is 2.22. The number of carbonyl (C=O) groups excluding carboxylic acids is 2. The van der Waals surface area contributed by atoms with E-state index in [2.05, 4.69) is 0 Å². The number of benzene rings is 1. The van der Waals surface area contributed by atoms with Crippen LogP contribution in [0.15, 0.2) is 30.3 Å². The van der Waals surface area contributed by atoms with Gasteiger partial charge in [-0.05, 0) is 33.6 Å². The van der Waals surface area contributed by atoms with Crippen LogP contribution in [0.4, 0.5) is 4.79 Å². The van der Waals surface area contributed by atoms with Gasteiger partial charge in [0.1, 0.15) is 5.60 Å². The summed E-state index contributed by atoms with van der Waals surface area (Å²) >= 11 is 0. The molecule has 1 heterocycles. The van der Waals surface area contributed by atoms with Crippen molar-refractivity contribution in [3.8, 4) is 0 Å². The molecule has 0 saturated carbocycles. The third-order valence-corrected chi connectivity index (χ3v) is 3.50. The number of ketones is 1. The molecule has 4 heteroatoms. The zero-order valence-electron chi connectivity index (χ0n) is 15.0. The van der Waals surface area contributed by atoms with Crippen molar-refractivity contribution in [2.24, 2.45) is 5.92 Å². The average Bonchev–Trinajstić information content (AvgIpc) is 2.55. The number of carbonyl (C=O) groups is 2. The van der Waals surface area contributed by atoms with Crippen LogP contribution in [0.25, 0.3) is 0 Å².